The van der Waals surface area contributed by atoms with Crippen LogP contribution in [0.4, 0.5) is 33.6 Å². The van der Waals surface area contributed by atoms with Gasteiger partial charge in [0.25, 0.3) is 33.5 Å². The molecule has 0 saturated carbocycles. The summed E-state index contributed by atoms with van der Waals surface area (Å²) in [5.74, 6) is -1.64. The van der Waals surface area contributed by atoms with Gasteiger partial charge in [-0.25, -0.2) is 26.9 Å². The molecule has 1 N–H and O–H groups in total. The van der Waals surface area contributed by atoms with Gasteiger partial charge in [0.05, 0.1) is 36.2 Å². The zero-order chi connectivity index (χ0) is 38.3. The van der Waals surface area contributed by atoms with E-state index in [2.05, 4.69) is 24.8 Å². The lowest BCUT2D eigenvalue weighted by Crippen LogP contribution is -2.31. The fraction of sp³-hybridized carbons (Fsp3) is 0.219. The topological polar surface area (TPSA) is 159 Å². The maximum absolute atomic E-state index is 13.5. The van der Waals surface area contributed by atoms with Gasteiger partial charge >= 0.3 is 12.2 Å². The number of amides is 1. The van der Waals surface area contributed by atoms with Crippen LogP contribution in [0.5, 0.6) is 22.7 Å². The number of carbonyl (C=O) groups is 1. The number of halogens is 5. The summed E-state index contributed by atoms with van der Waals surface area (Å²) < 4.78 is 115. The van der Waals surface area contributed by atoms with Gasteiger partial charge < -0.3 is 23.8 Å². The zero-order valence-corrected chi connectivity index (χ0v) is 29.4. The van der Waals surface area contributed by atoms with Gasteiger partial charge in [0.15, 0.2) is 12.4 Å². The number of thiazole rings is 1. The van der Waals surface area contributed by atoms with Crippen LogP contribution in [0.25, 0.3) is 15.9 Å². The van der Waals surface area contributed by atoms with Crippen molar-refractivity contribution in [2.24, 2.45) is 0 Å². The van der Waals surface area contributed by atoms with E-state index in [0.29, 0.717) is 11.3 Å². The Morgan fingerprint density at radius 3 is 2.32 bits per heavy atom. The first-order valence-electron chi connectivity index (χ1n) is 15.0. The molecule has 0 unspecified atom stereocenters. The molecule has 0 bridgehead atoms. The number of nitrogens with one attached hydrogen (secondary N) is 1. The van der Waals surface area contributed by atoms with Gasteiger partial charge in [0.1, 0.15) is 17.3 Å². The Balaban J connectivity index is 0.000000222. The fourth-order valence-electron chi connectivity index (χ4n) is 4.54. The highest BCUT2D eigenvalue weighted by Crippen LogP contribution is 2.39. The lowest BCUT2D eigenvalue weighted by molar-refractivity contribution is -0.140. The Labute approximate surface area is 301 Å². The number of methoxy groups -OCH3 is 2. The average Bonchev–Trinajstić information content (AvgIpc) is 3.76. The lowest BCUT2D eigenvalue weighted by atomic mass is 10.2. The number of alkyl halides is 5. The van der Waals surface area contributed by atoms with Crippen molar-refractivity contribution in [1.82, 2.24) is 24.6 Å². The number of sulfonamides is 1. The van der Waals surface area contributed by atoms with Gasteiger partial charge in [-0.15, -0.1) is 5.10 Å². The third-order valence-corrected chi connectivity index (χ3v) is 9.32. The molecule has 6 rings (SSSR count). The number of fused-ring (bicyclic) bond motifs is 2. The summed E-state index contributed by atoms with van der Waals surface area (Å²) in [4.78, 5) is 24.4. The molecule has 0 saturated heterocycles. The van der Waals surface area contributed by atoms with Gasteiger partial charge in [0, 0.05) is 12.7 Å². The van der Waals surface area contributed by atoms with E-state index >= 15 is 0 Å². The molecule has 0 fully saturated rings. The number of hydrogen-bond acceptors (Lipinski definition) is 12. The van der Waals surface area contributed by atoms with E-state index in [1.54, 1.807) is 16.7 Å². The SMILES string of the molecule is CN(C(=O)COc1nc2ccccc2s1)c1ccccc1.COc1cnc(OC)n2nc(NS(=O)(=O)c3c(OCC(F)F)cccc3C(F)(F)F)nc12. The number of benzene rings is 3. The fourth-order valence-corrected chi connectivity index (χ4v) is 6.65. The summed E-state index contributed by atoms with van der Waals surface area (Å²) in [6, 6.07) is 19.3. The molecule has 0 aliphatic rings. The van der Waals surface area contributed by atoms with Crippen LogP contribution in [0, 0.1) is 0 Å². The Hall–Kier alpha value is -5.83. The first kappa shape index (κ1) is 38.4. The maximum atomic E-state index is 13.5. The largest absolute Gasteiger partial charge is 0.491 e. The number of ether oxygens (including phenoxy) is 4. The molecular weight excluding hydrogens is 754 g/mol. The van der Waals surface area contributed by atoms with Crippen LogP contribution in [0.1, 0.15) is 5.56 Å². The zero-order valence-electron chi connectivity index (χ0n) is 27.7. The second kappa shape index (κ2) is 16.2. The molecule has 0 atom stereocenters. The molecule has 6 aromatic rings. The van der Waals surface area contributed by atoms with E-state index < -0.39 is 51.4 Å². The van der Waals surface area contributed by atoms with Gasteiger partial charge in [-0.3, -0.25) is 4.79 Å². The molecule has 21 heteroatoms. The molecule has 3 aromatic heterocycles. The van der Waals surface area contributed by atoms with E-state index in [-0.39, 0.29) is 29.9 Å². The van der Waals surface area contributed by atoms with Crippen LogP contribution in [0.3, 0.4) is 0 Å². The van der Waals surface area contributed by atoms with E-state index in [4.69, 9.17) is 14.2 Å². The number of nitrogens with zero attached hydrogens (tertiary/aromatic N) is 6. The summed E-state index contributed by atoms with van der Waals surface area (Å²) in [5.41, 5.74) is 0.0458. The highest BCUT2D eigenvalue weighted by atomic mass is 32.2. The predicted molar refractivity (Wildman–Crippen MR) is 183 cm³/mol. The van der Waals surface area contributed by atoms with Gasteiger partial charge in [-0.05, 0) is 36.4 Å². The van der Waals surface area contributed by atoms with Crippen molar-refractivity contribution in [3.05, 3.63) is 84.6 Å². The van der Waals surface area contributed by atoms with Crippen LogP contribution in [-0.2, 0) is 21.0 Å². The number of aromatic nitrogens is 5. The normalized spacial score (nSPS) is 11.6. The van der Waals surface area contributed by atoms with Crippen LogP contribution in [0.15, 0.2) is 83.9 Å². The molecule has 0 aliphatic carbocycles. The van der Waals surface area contributed by atoms with Crippen molar-refractivity contribution >= 4 is 54.8 Å². The molecular formula is C32H28F5N7O7S2. The summed E-state index contributed by atoms with van der Waals surface area (Å²) >= 11 is 1.44. The van der Waals surface area contributed by atoms with Gasteiger partial charge in [0.2, 0.25) is 5.65 Å². The second-order valence-electron chi connectivity index (χ2n) is 10.4. The quantitative estimate of drug-likeness (QED) is 0.146. The van der Waals surface area contributed by atoms with Crippen molar-refractivity contribution in [2.75, 3.05) is 44.1 Å². The number of likely N-dealkylation sites (N-methyl/N-ethyl adjacent to an activating group) is 1. The minimum Gasteiger partial charge on any atom is -0.491 e. The number of anilines is 2. The smallest absolute Gasteiger partial charge is 0.417 e. The summed E-state index contributed by atoms with van der Waals surface area (Å²) in [7, 11) is -0.823. The summed E-state index contributed by atoms with van der Waals surface area (Å²) in [5, 5.41) is 4.32. The third kappa shape index (κ3) is 9.16. The van der Waals surface area contributed by atoms with Crippen molar-refractivity contribution in [3.8, 4) is 22.7 Å². The molecule has 3 heterocycles. The van der Waals surface area contributed by atoms with E-state index in [9.17, 15) is 35.2 Å². The number of para-hydroxylation sites is 2. The van der Waals surface area contributed by atoms with Crippen LogP contribution in [0.2, 0.25) is 0 Å². The first-order valence-corrected chi connectivity index (χ1v) is 17.3. The lowest BCUT2D eigenvalue weighted by Gasteiger charge is -2.17. The first-order chi connectivity index (χ1) is 25.2. The van der Waals surface area contributed by atoms with E-state index in [0.717, 1.165) is 32.6 Å². The second-order valence-corrected chi connectivity index (χ2v) is 13.1. The average molecular weight is 782 g/mol. The van der Waals surface area contributed by atoms with Crippen molar-refractivity contribution in [2.45, 2.75) is 17.5 Å². The number of carbonyl (C=O) groups excluding carboxylic acids is 1. The van der Waals surface area contributed by atoms with Crippen molar-refractivity contribution in [1.29, 1.82) is 0 Å². The number of rotatable bonds is 12. The third-order valence-electron chi connectivity index (χ3n) is 6.96. The Morgan fingerprint density at radius 1 is 0.943 bits per heavy atom. The Bertz CT molecular complexity index is 2230. The Kier molecular flexibility index (Phi) is 11.8. The van der Waals surface area contributed by atoms with E-state index in [1.807, 2.05) is 54.6 Å². The summed E-state index contributed by atoms with van der Waals surface area (Å²) in [6.07, 6.45) is -6.99. The molecule has 3 aromatic carbocycles. The van der Waals surface area contributed by atoms with Crippen molar-refractivity contribution in [3.63, 3.8) is 0 Å². The standard InChI is InChI=1S/C16H14F5N5O5S.C16H14N2O2S/c1-29-10-6-22-15(30-2)26-13(10)23-14(24-26)25-32(27,28)12-8(16(19,20)21)4-3-5-9(12)31-7-11(17)18;1-18(12-7-3-2-4-8-12)15(19)11-20-16-17-13-9-5-6-10-14(13)21-16/h3-6,11H,7H2,1-2H3,(H,24,25);2-10H,11H2,1H3. The highest BCUT2D eigenvalue weighted by Gasteiger charge is 2.40. The molecule has 1 amide bonds. The highest BCUT2D eigenvalue weighted by molar-refractivity contribution is 7.92. The van der Waals surface area contributed by atoms with Crippen LogP contribution >= 0.6 is 11.3 Å². The monoisotopic (exact) mass is 781 g/mol. The van der Waals surface area contributed by atoms with Gasteiger partial charge in [-0.2, -0.15) is 27.7 Å². The molecule has 0 spiro atoms. The van der Waals surface area contributed by atoms with E-state index in [1.165, 1.54) is 31.8 Å². The minimum atomic E-state index is -5.14. The number of hydrogen-bond donors (Lipinski definition) is 1. The van der Waals surface area contributed by atoms with Crippen molar-refractivity contribution < 1.29 is 54.1 Å². The Morgan fingerprint density at radius 2 is 1.66 bits per heavy atom. The predicted octanol–water partition coefficient (Wildman–Crippen LogP) is 5.94. The maximum Gasteiger partial charge on any atom is 0.417 e. The molecule has 14 nitrogen and oxygen atoms in total. The van der Waals surface area contributed by atoms with Crippen LogP contribution in [-0.4, -0.2) is 79.8 Å². The summed E-state index contributed by atoms with van der Waals surface area (Å²) in [6.45, 7) is -1.35. The molecule has 280 valence electrons. The minimum absolute atomic E-state index is 0.0226. The molecule has 53 heavy (non-hydrogen) atoms. The van der Waals surface area contributed by atoms with Gasteiger partial charge in [-0.1, -0.05) is 47.7 Å². The molecule has 0 radical (unpaired) electrons. The molecule has 0 aliphatic heterocycles. The van der Waals surface area contributed by atoms with Crippen LogP contribution < -0.4 is 28.6 Å².